The molecule has 1 aromatic rings. The molecule has 0 radical (unpaired) electrons. The lowest BCUT2D eigenvalue weighted by molar-refractivity contribution is -0.125. The molecule has 0 bridgehead atoms. The van der Waals surface area contributed by atoms with E-state index in [1.54, 1.807) is 0 Å². The van der Waals surface area contributed by atoms with Gasteiger partial charge in [-0.2, -0.15) is 0 Å². The Hall–Kier alpha value is -1.55. The molecule has 22 heavy (non-hydrogen) atoms. The minimum absolute atomic E-state index is 0.0257. The van der Waals surface area contributed by atoms with Crippen LogP contribution in [0.2, 0.25) is 0 Å². The van der Waals surface area contributed by atoms with E-state index in [0.717, 1.165) is 0 Å². The highest BCUT2D eigenvalue weighted by molar-refractivity contribution is 6.61. The van der Waals surface area contributed by atoms with Gasteiger partial charge in [0.25, 0.3) is 5.91 Å². The van der Waals surface area contributed by atoms with E-state index in [9.17, 15) is 9.90 Å². The van der Waals surface area contributed by atoms with Crippen molar-refractivity contribution in [1.29, 1.82) is 0 Å². The van der Waals surface area contributed by atoms with Gasteiger partial charge in [-0.15, -0.1) is 0 Å². The Morgan fingerprint density at radius 3 is 2.23 bits per heavy atom. The van der Waals surface area contributed by atoms with Gasteiger partial charge in [0, 0.05) is 17.9 Å². The minimum atomic E-state index is -1.51. The molecule has 1 fully saturated rings. The molecule has 1 aliphatic heterocycles. The summed E-state index contributed by atoms with van der Waals surface area (Å²) >= 11 is 0. The molecule has 0 saturated carbocycles. The first-order valence-electron chi connectivity index (χ1n) is 6.93. The maximum Gasteiger partial charge on any atom is 0.498 e. The normalized spacial score (nSPS) is 20.7. The smallest absolute Gasteiger partial charge is 0.399 e. The lowest BCUT2D eigenvalue weighted by atomic mass is 9.81. The molecule has 1 unspecified atom stereocenters. The van der Waals surface area contributed by atoms with Crippen molar-refractivity contribution in [2.45, 2.75) is 45.0 Å². The number of anilines is 1. The molecule has 1 amide bonds. The second kappa shape index (κ2) is 5.92. The van der Waals surface area contributed by atoms with Crippen molar-refractivity contribution in [2.24, 2.45) is 0 Å². The zero-order valence-electron chi connectivity index (χ0n) is 13.0. The van der Waals surface area contributed by atoms with Crippen LogP contribution >= 0.6 is 0 Å². The van der Waals surface area contributed by atoms with Crippen LogP contribution in [0.25, 0.3) is 0 Å². The summed E-state index contributed by atoms with van der Waals surface area (Å²) in [4.78, 5) is 19.4. The van der Waals surface area contributed by atoms with Crippen LogP contribution in [0, 0.1) is 0 Å². The maximum atomic E-state index is 11.4. The Kier molecular flexibility index (Phi) is 4.53. The van der Waals surface area contributed by atoms with E-state index in [1.165, 1.54) is 12.4 Å². The first-order valence-corrected chi connectivity index (χ1v) is 6.93. The molecule has 0 aromatic carbocycles. The Balaban J connectivity index is 2.06. The van der Waals surface area contributed by atoms with Gasteiger partial charge in [-0.25, -0.2) is 9.97 Å². The molecular weight excluding hydrogens is 289 g/mol. The molecule has 1 atom stereocenters. The van der Waals surface area contributed by atoms with Gasteiger partial charge < -0.3 is 19.5 Å². The number of nitrogens with zero attached hydrogens (tertiary/aromatic N) is 2. The van der Waals surface area contributed by atoms with Crippen molar-refractivity contribution < 1.29 is 24.3 Å². The molecule has 2 heterocycles. The van der Waals surface area contributed by atoms with E-state index in [2.05, 4.69) is 15.3 Å². The van der Waals surface area contributed by atoms with Gasteiger partial charge in [0.05, 0.1) is 17.8 Å². The average molecular weight is 309 g/mol. The summed E-state index contributed by atoms with van der Waals surface area (Å²) in [6.45, 7) is 7.10. The fraction of sp³-hybridized carbons (Fsp3) is 0.615. The van der Waals surface area contributed by atoms with E-state index in [-0.39, 0.29) is 5.95 Å². The van der Waals surface area contributed by atoms with Crippen LogP contribution in [0.15, 0.2) is 12.4 Å². The number of carbonyl (C=O) groups excluding carboxylic acids is 1. The predicted molar refractivity (Wildman–Crippen MR) is 79.5 cm³/mol. The van der Waals surface area contributed by atoms with Crippen LogP contribution in [0.5, 0.6) is 0 Å². The number of nitrogens with one attached hydrogen (secondary N) is 1. The fourth-order valence-electron chi connectivity index (χ4n) is 1.78. The topological polar surface area (TPSA) is 114 Å². The zero-order chi connectivity index (χ0) is 16.5. The summed E-state index contributed by atoms with van der Waals surface area (Å²) in [5.41, 5.74) is -0.301. The molecule has 8 nitrogen and oxygen atoms in total. The number of aliphatic hydroxyl groups excluding tert-OH is 2. The number of aromatic nitrogens is 2. The summed E-state index contributed by atoms with van der Waals surface area (Å²) in [6, 6.07) is 0. The lowest BCUT2D eigenvalue weighted by Crippen LogP contribution is -2.41. The van der Waals surface area contributed by atoms with Crippen molar-refractivity contribution in [3.8, 4) is 0 Å². The molecule has 120 valence electrons. The van der Waals surface area contributed by atoms with Crippen LogP contribution in [-0.4, -0.2) is 57.1 Å². The highest BCUT2D eigenvalue weighted by Crippen LogP contribution is 2.36. The Labute approximate surface area is 129 Å². The summed E-state index contributed by atoms with van der Waals surface area (Å²) in [6.07, 6.45) is 1.46. The minimum Gasteiger partial charge on any atom is -0.399 e. The molecule has 9 heteroatoms. The summed E-state index contributed by atoms with van der Waals surface area (Å²) in [7, 11) is -0.585. The van der Waals surface area contributed by atoms with Crippen molar-refractivity contribution in [3.63, 3.8) is 0 Å². The number of rotatable bonds is 4. The van der Waals surface area contributed by atoms with Gasteiger partial charge in [0.2, 0.25) is 5.95 Å². The van der Waals surface area contributed by atoms with E-state index in [1.807, 2.05) is 27.7 Å². The third-order valence-corrected chi connectivity index (χ3v) is 3.91. The Morgan fingerprint density at radius 1 is 1.27 bits per heavy atom. The van der Waals surface area contributed by atoms with Gasteiger partial charge in [-0.1, -0.05) is 0 Å². The second-order valence-electron chi connectivity index (χ2n) is 6.12. The van der Waals surface area contributed by atoms with E-state index in [4.69, 9.17) is 14.4 Å². The molecular formula is C13H20BN3O5. The van der Waals surface area contributed by atoms with Gasteiger partial charge in [-0.3, -0.25) is 10.1 Å². The predicted octanol–water partition coefficient (Wildman–Crippen LogP) is -0.932. The van der Waals surface area contributed by atoms with Crippen LogP contribution in [-0.2, 0) is 14.1 Å². The quantitative estimate of drug-likeness (QED) is 0.616. The highest BCUT2D eigenvalue weighted by atomic mass is 16.7. The number of hydrogen-bond donors (Lipinski definition) is 3. The molecule has 2 rings (SSSR count). The van der Waals surface area contributed by atoms with Crippen LogP contribution in [0.1, 0.15) is 27.7 Å². The van der Waals surface area contributed by atoms with Crippen molar-refractivity contribution >= 4 is 24.4 Å². The van der Waals surface area contributed by atoms with Crippen molar-refractivity contribution in [2.75, 3.05) is 11.9 Å². The number of carbonyl (C=O) groups is 1. The highest BCUT2D eigenvalue weighted by Gasteiger charge is 2.51. The fourth-order valence-corrected chi connectivity index (χ4v) is 1.78. The van der Waals surface area contributed by atoms with Gasteiger partial charge in [0.1, 0.15) is 0 Å². The third kappa shape index (κ3) is 3.27. The van der Waals surface area contributed by atoms with Gasteiger partial charge >= 0.3 is 7.12 Å². The van der Waals surface area contributed by atoms with Gasteiger partial charge in [0.15, 0.2) is 6.10 Å². The van der Waals surface area contributed by atoms with Gasteiger partial charge in [-0.05, 0) is 27.7 Å². The molecule has 1 aromatic heterocycles. The summed E-state index contributed by atoms with van der Waals surface area (Å²) < 4.78 is 11.7. The van der Waals surface area contributed by atoms with Crippen molar-refractivity contribution in [3.05, 3.63) is 12.4 Å². The van der Waals surface area contributed by atoms with Crippen LogP contribution < -0.4 is 10.8 Å². The number of amides is 1. The van der Waals surface area contributed by atoms with E-state index < -0.39 is 36.9 Å². The Morgan fingerprint density at radius 2 is 1.77 bits per heavy atom. The first kappa shape index (κ1) is 16.8. The van der Waals surface area contributed by atoms with E-state index >= 15 is 0 Å². The van der Waals surface area contributed by atoms with Crippen molar-refractivity contribution in [1.82, 2.24) is 9.97 Å². The molecule has 1 saturated heterocycles. The standard InChI is InChI=1S/C13H20BN3O5/c1-12(2)13(3,4)22-14(21-12)8-5-15-11(16-6-8)17-10(20)9(19)7-18/h5-6,9,18-19H,7H2,1-4H3,(H,15,16,17,20). The summed E-state index contributed by atoms with van der Waals surface area (Å²) in [5, 5.41) is 20.1. The first-order chi connectivity index (χ1) is 10.2. The monoisotopic (exact) mass is 309 g/mol. The molecule has 0 aliphatic carbocycles. The number of hydrogen-bond acceptors (Lipinski definition) is 7. The Bertz CT molecular complexity index is 533. The maximum absolute atomic E-state index is 11.4. The summed E-state index contributed by atoms with van der Waals surface area (Å²) in [5.74, 6) is -0.747. The largest absolute Gasteiger partial charge is 0.498 e. The van der Waals surface area contributed by atoms with E-state index in [0.29, 0.717) is 5.46 Å². The molecule has 1 aliphatic rings. The lowest BCUT2D eigenvalue weighted by Gasteiger charge is -2.32. The molecule has 0 spiro atoms. The second-order valence-corrected chi connectivity index (χ2v) is 6.12. The van der Waals surface area contributed by atoms with Crippen LogP contribution in [0.3, 0.4) is 0 Å². The molecule has 3 N–H and O–H groups in total. The third-order valence-electron chi connectivity index (χ3n) is 3.91. The zero-order valence-corrected chi connectivity index (χ0v) is 13.0. The number of aliphatic hydroxyl groups is 2. The SMILES string of the molecule is CC1(C)OB(c2cnc(NC(=O)C(O)CO)nc2)OC1(C)C. The average Bonchev–Trinajstić information content (AvgIpc) is 2.67. The van der Waals surface area contributed by atoms with Crippen LogP contribution in [0.4, 0.5) is 5.95 Å².